The first-order valence-corrected chi connectivity index (χ1v) is 8.68. The highest BCUT2D eigenvalue weighted by Gasteiger charge is 2.34. The molecule has 1 aliphatic rings. The Morgan fingerprint density at radius 2 is 2.00 bits per heavy atom. The lowest BCUT2D eigenvalue weighted by molar-refractivity contribution is -0.120. The summed E-state index contributed by atoms with van der Waals surface area (Å²) >= 11 is 2.74. The highest BCUT2D eigenvalue weighted by molar-refractivity contribution is 8.02. The Balaban J connectivity index is 1.99. The van der Waals surface area contributed by atoms with E-state index in [1.165, 1.54) is 23.1 Å². The summed E-state index contributed by atoms with van der Waals surface area (Å²) in [6.45, 7) is 7.25. The Hall–Kier alpha value is -1.15. The Morgan fingerprint density at radius 1 is 1.33 bits per heavy atom. The van der Waals surface area contributed by atoms with E-state index in [9.17, 15) is 9.59 Å². The Labute approximate surface area is 132 Å². The van der Waals surface area contributed by atoms with E-state index in [1.54, 1.807) is 11.8 Å². The number of aromatic nitrogens is 2. The summed E-state index contributed by atoms with van der Waals surface area (Å²) < 4.78 is 0.711. The molecule has 1 aromatic rings. The average Bonchev–Trinajstić information content (AvgIpc) is 3.09. The third kappa shape index (κ3) is 4.41. The van der Waals surface area contributed by atoms with Crippen LogP contribution in [0.25, 0.3) is 0 Å². The number of hydrogen-bond donors (Lipinski definition) is 1. The number of hydrogen-bond acceptors (Lipinski definition) is 6. The van der Waals surface area contributed by atoms with Crippen LogP contribution in [-0.2, 0) is 9.59 Å². The predicted octanol–water partition coefficient (Wildman–Crippen LogP) is 2.06. The maximum Gasteiger partial charge on any atom is 0.233 e. The summed E-state index contributed by atoms with van der Waals surface area (Å²) in [6, 6.07) is 0.392. The van der Waals surface area contributed by atoms with Crippen LogP contribution in [0.4, 0.5) is 5.13 Å². The molecule has 0 aromatic carbocycles. The lowest BCUT2D eigenvalue weighted by Crippen LogP contribution is -2.35. The van der Waals surface area contributed by atoms with Gasteiger partial charge in [-0.25, -0.2) is 0 Å². The number of amides is 2. The fraction of sp³-hybridized carbons (Fsp3) is 0.692. The molecule has 1 aliphatic carbocycles. The van der Waals surface area contributed by atoms with Crippen LogP contribution in [0, 0.1) is 0 Å². The van der Waals surface area contributed by atoms with Crippen LogP contribution < -0.4 is 10.2 Å². The van der Waals surface area contributed by atoms with Gasteiger partial charge in [-0.3, -0.25) is 14.5 Å². The summed E-state index contributed by atoms with van der Waals surface area (Å²) in [5, 5.41) is 11.4. The van der Waals surface area contributed by atoms with E-state index in [0.717, 1.165) is 12.8 Å². The quantitative estimate of drug-likeness (QED) is 0.639. The largest absolute Gasteiger partial charge is 0.353 e. The zero-order valence-electron chi connectivity index (χ0n) is 12.6. The first-order valence-electron chi connectivity index (χ1n) is 6.98. The standard InChI is InChI=1S/C13H20N4O2S2/c1-7(2)14-11(19)8(3)20-13-16-15-12(21-13)17(9(4)18)10-5-6-10/h7-8,10H,5-6H2,1-4H3,(H,14,19). The van der Waals surface area contributed by atoms with Crippen molar-refractivity contribution in [2.45, 2.75) is 62.2 Å². The van der Waals surface area contributed by atoms with E-state index in [-0.39, 0.29) is 29.1 Å². The number of nitrogens with zero attached hydrogens (tertiary/aromatic N) is 3. The summed E-state index contributed by atoms with van der Waals surface area (Å²) in [6.07, 6.45) is 2.05. The molecular formula is C13H20N4O2S2. The zero-order chi connectivity index (χ0) is 15.6. The van der Waals surface area contributed by atoms with Gasteiger partial charge in [0.15, 0.2) is 4.34 Å². The highest BCUT2D eigenvalue weighted by atomic mass is 32.2. The van der Waals surface area contributed by atoms with Crippen molar-refractivity contribution in [2.75, 3.05) is 4.90 Å². The monoisotopic (exact) mass is 328 g/mol. The van der Waals surface area contributed by atoms with Crippen molar-refractivity contribution in [1.82, 2.24) is 15.5 Å². The molecule has 0 aliphatic heterocycles. The molecule has 6 nitrogen and oxygen atoms in total. The van der Waals surface area contributed by atoms with Gasteiger partial charge in [-0.15, -0.1) is 10.2 Å². The van der Waals surface area contributed by atoms with Crippen LogP contribution in [0.1, 0.15) is 40.5 Å². The maximum atomic E-state index is 11.9. The number of nitrogens with one attached hydrogen (secondary N) is 1. The molecule has 116 valence electrons. The summed E-state index contributed by atoms with van der Waals surface area (Å²) in [7, 11) is 0. The van der Waals surface area contributed by atoms with Gasteiger partial charge in [-0.1, -0.05) is 23.1 Å². The molecule has 1 unspecified atom stereocenters. The van der Waals surface area contributed by atoms with Gasteiger partial charge in [0.05, 0.1) is 5.25 Å². The number of carbonyl (C=O) groups excluding carboxylic acids is 2. The normalized spacial score (nSPS) is 15.9. The molecular weight excluding hydrogens is 308 g/mol. The van der Waals surface area contributed by atoms with E-state index in [4.69, 9.17) is 0 Å². The van der Waals surface area contributed by atoms with Crippen molar-refractivity contribution in [3.05, 3.63) is 0 Å². The van der Waals surface area contributed by atoms with Crippen molar-refractivity contribution in [1.29, 1.82) is 0 Å². The van der Waals surface area contributed by atoms with Gasteiger partial charge < -0.3 is 5.32 Å². The smallest absolute Gasteiger partial charge is 0.233 e. The minimum atomic E-state index is -0.236. The van der Waals surface area contributed by atoms with Gasteiger partial charge in [0.2, 0.25) is 16.9 Å². The minimum Gasteiger partial charge on any atom is -0.353 e. The Morgan fingerprint density at radius 3 is 2.52 bits per heavy atom. The van der Waals surface area contributed by atoms with E-state index in [2.05, 4.69) is 15.5 Å². The van der Waals surface area contributed by atoms with E-state index in [0.29, 0.717) is 9.47 Å². The number of thioether (sulfide) groups is 1. The number of anilines is 1. The van der Waals surface area contributed by atoms with Crippen molar-refractivity contribution >= 4 is 40.0 Å². The van der Waals surface area contributed by atoms with Gasteiger partial charge in [0.25, 0.3) is 0 Å². The van der Waals surface area contributed by atoms with Crippen LogP contribution in [-0.4, -0.2) is 39.3 Å². The molecule has 0 radical (unpaired) electrons. The molecule has 21 heavy (non-hydrogen) atoms. The second kappa shape index (κ2) is 6.74. The van der Waals surface area contributed by atoms with Crippen LogP contribution in [0.5, 0.6) is 0 Å². The average molecular weight is 328 g/mol. The van der Waals surface area contributed by atoms with E-state index in [1.807, 2.05) is 20.8 Å². The summed E-state index contributed by atoms with van der Waals surface area (Å²) in [5.41, 5.74) is 0. The lowest BCUT2D eigenvalue weighted by Gasteiger charge is -2.15. The molecule has 1 fully saturated rings. The van der Waals surface area contributed by atoms with Crippen molar-refractivity contribution in [3.8, 4) is 0 Å². The first-order chi connectivity index (χ1) is 9.88. The van der Waals surface area contributed by atoms with Gasteiger partial charge >= 0.3 is 0 Å². The predicted molar refractivity (Wildman–Crippen MR) is 84.7 cm³/mol. The molecule has 1 aromatic heterocycles. The first kappa shape index (κ1) is 16.2. The third-order valence-electron chi connectivity index (χ3n) is 2.93. The highest BCUT2D eigenvalue weighted by Crippen LogP contribution is 2.36. The molecule has 0 saturated heterocycles. The summed E-state index contributed by atoms with van der Waals surface area (Å²) in [5.74, 6) is -0.0202. The van der Waals surface area contributed by atoms with Gasteiger partial charge in [-0.05, 0) is 33.6 Å². The minimum absolute atomic E-state index is 0.00389. The number of rotatable bonds is 6. The van der Waals surface area contributed by atoms with Gasteiger partial charge in [-0.2, -0.15) is 0 Å². The molecule has 8 heteroatoms. The van der Waals surface area contributed by atoms with E-state index >= 15 is 0 Å². The van der Waals surface area contributed by atoms with Crippen LogP contribution in [0.15, 0.2) is 4.34 Å². The SMILES string of the molecule is CC(=O)N(c1nnc(SC(C)C(=O)NC(C)C)s1)C1CC1. The van der Waals surface area contributed by atoms with Crippen molar-refractivity contribution in [3.63, 3.8) is 0 Å². The maximum absolute atomic E-state index is 11.9. The fourth-order valence-electron chi connectivity index (χ4n) is 1.83. The van der Waals surface area contributed by atoms with Crippen LogP contribution >= 0.6 is 23.1 Å². The zero-order valence-corrected chi connectivity index (χ0v) is 14.3. The van der Waals surface area contributed by atoms with Crippen LogP contribution in [0.3, 0.4) is 0 Å². The van der Waals surface area contributed by atoms with E-state index < -0.39 is 0 Å². The second-order valence-electron chi connectivity index (χ2n) is 5.39. The molecule has 1 saturated carbocycles. The topological polar surface area (TPSA) is 75.2 Å². The molecule has 0 bridgehead atoms. The van der Waals surface area contributed by atoms with Crippen molar-refractivity contribution in [2.24, 2.45) is 0 Å². The molecule has 1 N–H and O–H groups in total. The van der Waals surface area contributed by atoms with Gasteiger partial charge in [0.1, 0.15) is 0 Å². The molecule has 1 heterocycles. The second-order valence-corrected chi connectivity index (χ2v) is 7.94. The fourth-order valence-corrected chi connectivity index (χ4v) is 3.94. The van der Waals surface area contributed by atoms with Crippen LogP contribution in [0.2, 0.25) is 0 Å². The number of carbonyl (C=O) groups is 2. The molecule has 0 spiro atoms. The summed E-state index contributed by atoms with van der Waals surface area (Å²) in [4.78, 5) is 25.3. The molecule has 1 atom stereocenters. The molecule has 2 amide bonds. The Bertz CT molecular complexity index is 528. The third-order valence-corrected chi connectivity index (χ3v) is 5.04. The Kier molecular flexibility index (Phi) is 5.21. The lowest BCUT2D eigenvalue weighted by atomic mass is 10.3. The molecule has 2 rings (SSSR count). The van der Waals surface area contributed by atoms with Crippen molar-refractivity contribution < 1.29 is 9.59 Å². The van der Waals surface area contributed by atoms with Gasteiger partial charge in [0, 0.05) is 19.0 Å².